The third-order valence-corrected chi connectivity index (χ3v) is 3.05. The summed E-state index contributed by atoms with van der Waals surface area (Å²) in [5.74, 6) is -1.14. The molecule has 126 valence electrons. The molecule has 2 rings (SSSR count). The lowest BCUT2D eigenvalue weighted by Crippen LogP contribution is -2.26. The van der Waals surface area contributed by atoms with Gasteiger partial charge in [0, 0.05) is 23.1 Å². The first-order valence-corrected chi connectivity index (χ1v) is 7.26. The van der Waals surface area contributed by atoms with Gasteiger partial charge in [-0.15, -0.1) is 0 Å². The van der Waals surface area contributed by atoms with Crippen LogP contribution < -0.4 is 15.1 Å². The Morgan fingerprint density at radius 2 is 1.71 bits per heavy atom. The van der Waals surface area contributed by atoms with E-state index in [-0.39, 0.29) is 22.7 Å². The standard InChI is InChI=1S/C18H18O6/c1-10(2)16(20)23-14-9-12-11(6-7-15(19)22-12)8-13(14)24-17(21)18(3,4)5/h6-9H,1H2,2-5H3. The summed E-state index contributed by atoms with van der Waals surface area (Å²) in [4.78, 5) is 35.3. The zero-order valence-electron chi connectivity index (χ0n) is 14.0. The van der Waals surface area contributed by atoms with Crippen LogP contribution >= 0.6 is 0 Å². The lowest BCUT2D eigenvalue weighted by molar-refractivity contribution is -0.143. The van der Waals surface area contributed by atoms with Gasteiger partial charge in [0.25, 0.3) is 0 Å². The molecule has 0 spiro atoms. The Balaban J connectivity index is 2.54. The number of ether oxygens (including phenoxy) is 2. The quantitative estimate of drug-likeness (QED) is 0.372. The maximum Gasteiger partial charge on any atom is 0.338 e. The molecular weight excluding hydrogens is 312 g/mol. The molecule has 24 heavy (non-hydrogen) atoms. The first-order chi connectivity index (χ1) is 11.1. The number of hydrogen-bond donors (Lipinski definition) is 0. The molecule has 0 bridgehead atoms. The highest BCUT2D eigenvalue weighted by molar-refractivity contribution is 5.91. The second-order valence-electron chi connectivity index (χ2n) is 6.40. The molecule has 1 aromatic heterocycles. The maximum atomic E-state index is 12.1. The van der Waals surface area contributed by atoms with Crippen molar-refractivity contribution < 1.29 is 23.5 Å². The second-order valence-corrected chi connectivity index (χ2v) is 6.40. The predicted molar refractivity (Wildman–Crippen MR) is 88.0 cm³/mol. The smallest absolute Gasteiger partial charge is 0.338 e. The topological polar surface area (TPSA) is 82.8 Å². The molecule has 0 saturated carbocycles. The minimum atomic E-state index is -0.742. The van der Waals surface area contributed by atoms with E-state index in [9.17, 15) is 14.4 Å². The Kier molecular flexibility index (Phi) is 4.59. The highest BCUT2D eigenvalue weighted by Crippen LogP contribution is 2.34. The van der Waals surface area contributed by atoms with E-state index in [1.807, 2.05) is 0 Å². The number of carbonyl (C=O) groups is 2. The van der Waals surface area contributed by atoms with E-state index >= 15 is 0 Å². The van der Waals surface area contributed by atoms with Gasteiger partial charge in [-0.25, -0.2) is 9.59 Å². The Morgan fingerprint density at radius 1 is 1.08 bits per heavy atom. The van der Waals surface area contributed by atoms with E-state index in [0.29, 0.717) is 5.39 Å². The van der Waals surface area contributed by atoms with Crippen molar-refractivity contribution in [2.75, 3.05) is 0 Å². The van der Waals surface area contributed by atoms with Crippen LogP contribution in [-0.2, 0) is 9.59 Å². The zero-order valence-corrected chi connectivity index (χ0v) is 14.0. The van der Waals surface area contributed by atoms with Gasteiger partial charge in [-0.1, -0.05) is 6.58 Å². The summed E-state index contributed by atoms with van der Waals surface area (Å²) in [6, 6.07) is 5.59. The number of benzene rings is 1. The van der Waals surface area contributed by atoms with Gasteiger partial charge in [0.05, 0.1) is 5.41 Å². The molecule has 0 saturated heterocycles. The highest BCUT2D eigenvalue weighted by Gasteiger charge is 2.26. The van der Waals surface area contributed by atoms with Crippen molar-refractivity contribution in [3.8, 4) is 11.5 Å². The summed E-state index contributed by atoms with van der Waals surface area (Å²) in [6.07, 6.45) is 0. The van der Waals surface area contributed by atoms with E-state index in [0.717, 1.165) is 0 Å². The van der Waals surface area contributed by atoms with Crippen molar-refractivity contribution in [2.45, 2.75) is 27.7 Å². The number of esters is 2. The molecule has 0 fully saturated rings. The van der Waals surface area contributed by atoms with Crippen molar-refractivity contribution in [3.05, 3.63) is 46.8 Å². The van der Waals surface area contributed by atoms with Crippen molar-refractivity contribution in [2.24, 2.45) is 5.41 Å². The van der Waals surface area contributed by atoms with Crippen LogP contribution in [-0.4, -0.2) is 11.9 Å². The Morgan fingerprint density at radius 3 is 2.29 bits per heavy atom. The highest BCUT2D eigenvalue weighted by atomic mass is 16.6. The normalized spacial score (nSPS) is 11.2. The molecule has 0 aliphatic rings. The molecule has 0 unspecified atom stereocenters. The van der Waals surface area contributed by atoms with E-state index in [4.69, 9.17) is 13.9 Å². The Bertz CT molecular complexity index is 882. The molecule has 0 radical (unpaired) electrons. The molecular formula is C18H18O6. The van der Waals surface area contributed by atoms with Crippen LogP contribution in [0.15, 0.2) is 45.6 Å². The van der Waals surface area contributed by atoms with Crippen molar-refractivity contribution >= 4 is 22.9 Å². The first kappa shape index (κ1) is 17.5. The predicted octanol–water partition coefficient (Wildman–Crippen LogP) is 3.23. The van der Waals surface area contributed by atoms with Crippen LogP contribution in [0.3, 0.4) is 0 Å². The van der Waals surface area contributed by atoms with Gasteiger partial charge in [0.15, 0.2) is 11.5 Å². The first-order valence-electron chi connectivity index (χ1n) is 7.26. The zero-order chi connectivity index (χ0) is 18.1. The maximum absolute atomic E-state index is 12.1. The average molecular weight is 330 g/mol. The molecule has 0 atom stereocenters. The van der Waals surface area contributed by atoms with E-state index in [2.05, 4.69) is 6.58 Å². The van der Waals surface area contributed by atoms with Crippen LogP contribution in [0.5, 0.6) is 11.5 Å². The monoisotopic (exact) mass is 330 g/mol. The number of rotatable bonds is 3. The Hall–Kier alpha value is -2.89. The van der Waals surface area contributed by atoms with E-state index < -0.39 is 23.0 Å². The number of fused-ring (bicyclic) bond motifs is 1. The summed E-state index contributed by atoms with van der Waals surface area (Å²) in [6.45, 7) is 10.1. The van der Waals surface area contributed by atoms with Crippen molar-refractivity contribution in [3.63, 3.8) is 0 Å². The summed E-state index contributed by atoms with van der Waals surface area (Å²) in [7, 11) is 0. The molecule has 6 nitrogen and oxygen atoms in total. The minimum absolute atomic E-state index is 0.0255. The van der Waals surface area contributed by atoms with Gasteiger partial charge in [-0.3, -0.25) is 4.79 Å². The van der Waals surface area contributed by atoms with Crippen LogP contribution in [0.2, 0.25) is 0 Å². The number of hydrogen-bond acceptors (Lipinski definition) is 6. The minimum Gasteiger partial charge on any atom is -0.423 e. The summed E-state index contributed by atoms with van der Waals surface area (Å²) >= 11 is 0. The van der Waals surface area contributed by atoms with E-state index in [1.54, 1.807) is 20.8 Å². The van der Waals surface area contributed by atoms with Crippen LogP contribution in [0, 0.1) is 5.41 Å². The summed E-state index contributed by atoms with van der Waals surface area (Å²) in [5.41, 5.74) is -0.896. The lowest BCUT2D eigenvalue weighted by Gasteiger charge is -2.18. The van der Waals surface area contributed by atoms with Crippen LogP contribution in [0.25, 0.3) is 11.0 Å². The largest absolute Gasteiger partial charge is 0.423 e. The molecule has 1 aromatic carbocycles. The number of carbonyl (C=O) groups excluding carboxylic acids is 2. The molecule has 1 heterocycles. The molecule has 0 aliphatic carbocycles. The second kappa shape index (κ2) is 6.31. The van der Waals surface area contributed by atoms with Gasteiger partial charge in [0.1, 0.15) is 5.58 Å². The Labute approximate surface area is 138 Å². The van der Waals surface area contributed by atoms with Crippen LogP contribution in [0.4, 0.5) is 0 Å². The SMILES string of the molecule is C=C(C)C(=O)Oc1cc2oc(=O)ccc2cc1OC(=O)C(C)(C)C. The fourth-order valence-corrected chi connectivity index (χ4v) is 1.68. The third kappa shape index (κ3) is 3.90. The molecule has 0 amide bonds. The fraction of sp³-hybridized carbons (Fsp3) is 0.278. The molecule has 2 aromatic rings. The van der Waals surface area contributed by atoms with Gasteiger partial charge < -0.3 is 13.9 Å². The summed E-state index contributed by atoms with van der Waals surface area (Å²) in [5, 5.41) is 0.529. The fourth-order valence-electron chi connectivity index (χ4n) is 1.68. The average Bonchev–Trinajstić information content (AvgIpc) is 2.46. The van der Waals surface area contributed by atoms with Crippen LogP contribution in [0.1, 0.15) is 27.7 Å². The van der Waals surface area contributed by atoms with E-state index in [1.165, 1.54) is 31.2 Å². The lowest BCUT2D eigenvalue weighted by atomic mass is 9.97. The van der Waals surface area contributed by atoms with Crippen molar-refractivity contribution in [1.29, 1.82) is 0 Å². The van der Waals surface area contributed by atoms with Crippen molar-refractivity contribution in [1.82, 2.24) is 0 Å². The van der Waals surface area contributed by atoms with Gasteiger partial charge >= 0.3 is 17.6 Å². The van der Waals surface area contributed by atoms with Gasteiger partial charge in [0.2, 0.25) is 0 Å². The van der Waals surface area contributed by atoms with Gasteiger partial charge in [-0.2, -0.15) is 0 Å². The summed E-state index contributed by atoms with van der Waals surface area (Å²) < 4.78 is 15.6. The third-order valence-electron chi connectivity index (χ3n) is 3.05. The molecule has 0 aliphatic heterocycles. The molecule has 0 N–H and O–H groups in total. The molecule has 6 heteroatoms. The van der Waals surface area contributed by atoms with Gasteiger partial charge in [-0.05, 0) is 39.8 Å².